The first-order chi connectivity index (χ1) is 6.38. The summed E-state index contributed by atoms with van der Waals surface area (Å²) in [5, 5.41) is 6.52. The molecule has 2 rings (SSSR count). The quantitative estimate of drug-likeness (QED) is 0.570. The molecule has 2 heterocycles. The van der Waals surface area contributed by atoms with E-state index in [1.807, 2.05) is 0 Å². The van der Waals surface area contributed by atoms with Crippen molar-refractivity contribution >= 4 is 6.09 Å². The maximum Gasteiger partial charge on any atom is 0.411 e. The van der Waals surface area contributed by atoms with Crippen LogP contribution in [0.3, 0.4) is 0 Å². The van der Waals surface area contributed by atoms with Gasteiger partial charge >= 0.3 is 6.09 Å². The Hall–Kier alpha value is -0.810. The molecule has 13 heavy (non-hydrogen) atoms. The molecule has 5 heteroatoms. The minimum Gasteiger partial charge on any atom is -0.449 e. The minimum absolute atomic E-state index is 0.113. The third kappa shape index (κ3) is 1.92. The fraction of sp³-hybridized carbons (Fsp3) is 0.875. The van der Waals surface area contributed by atoms with Crippen molar-refractivity contribution in [2.75, 3.05) is 32.8 Å². The van der Waals surface area contributed by atoms with Gasteiger partial charge in [0.2, 0.25) is 0 Å². The monoisotopic (exact) mass is 185 g/mol. The van der Waals surface area contributed by atoms with Gasteiger partial charge in [-0.25, -0.2) is 4.79 Å². The molecule has 0 saturated carbocycles. The first-order valence-corrected chi connectivity index (χ1v) is 4.75. The van der Waals surface area contributed by atoms with Crippen LogP contribution >= 0.6 is 0 Å². The molecule has 1 atom stereocenters. The molecular weight excluding hydrogens is 170 g/mol. The first kappa shape index (κ1) is 8.77. The molecule has 2 N–H and O–H groups in total. The Kier molecular flexibility index (Phi) is 2.65. The summed E-state index contributed by atoms with van der Waals surface area (Å²) in [6, 6.07) is 0. The predicted octanol–water partition coefficient (Wildman–Crippen LogP) is -0.652. The number of hydrogen-bond donors (Lipinski definition) is 2. The zero-order valence-corrected chi connectivity index (χ0v) is 7.58. The number of carbonyl (C=O) groups is 1. The van der Waals surface area contributed by atoms with Crippen molar-refractivity contribution in [3.63, 3.8) is 0 Å². The lowest BCUT2D eigenvalue weighted by Gasteiger charge is -2.36. The molecule has 5 nitrogen and oxygen atoms in total. The summed E-state index contributed by atoms with van der Waals surface area (Å²) in [5.41, 5.74) is 0. The number of rotatable bonds is 1. The third-order valence-electron chi connectivity index (χ3n) is 2.40. The van der Waals surface area contributed by atoms with Gasteiger partial charge in [-0.05, 0) is 6.42 Å². The van der Waals surface area contributed by atoms with E-state index in [9.17, 15) is 4.79 Å². The molecule has 2 saturated heterocycles. The van der Waals surface area contributed by atoms with Gasteiger partial charge in [0, 0.05) is 26.2 Å². The molecule has 1 unspecified atom stereocenters. The van der Waals surface area contributed by atoms with Gasteiger partial charge in [0.25, 0.3) is 0 Å². The van der Waals surface area contributed by atoms with Gasteiger partial charge < -0.3 is 10.1 Å². The van der Waals surface area contributed by atoms with Crippen LogP contribution in [0.1, 0.15) is 6.42 Å². The van der Waals surface area contributed by atoms with Crippen molar-refractivity contribution in [1.82, 2.24) is 15.5 Å². The Labute approximate surface area is 77.4 Å². The van der Waals surface area contributed by atoms with Crippen molar-refractivity contribution < 1.29 is 9.53 Å². The van der Waals surface area contributed by atoms with Gasteiger partial charge in [0.05, 0.1) is 12.8 Å². The average molecular weight is 185 g/mol. The molecule has 2 aliphatic heterocycles. The second-order valence-electron chi connectivity index (χ2n) is 3.34. The smallest absolute Gasteiger partial charge is 0.411 e. The van der Waals surface area contributed by atoms with Crippen molar-refractivity contribution in [3.05, 3.63) is 0 Å². The van der Waals surface area contributed by atoms with E-state index in [1.54, 1.807) is 4.90 Å². The predicted molar refractivity (Wildman–Crippen MR) is 47.3 cm³/mol. The Morgan fingerprint density at radius 2 is 2.38 bits per heavy atom. The van der Waals surface area contributed by atoms with Gasteiger partial charge in [0.15, 0.2) is 0 Å². The average Bonchev–Trinajstić information content (AvgIpc) is 2.20. The SMILES string of the molecule is O=C1OCCCN1C1CNCCN1. The molecule has 1 amide bonds. The maximum absolute atomic E-state index is 11.3. The van der Waals surface area contributed by atoms with Crippen molar-refractivity contribution in [1.29, 1.82) is 0 Å². The number of carbonyl (C=O) groups excluding carboxylic acids is 1. The lowest BCUT2D eigenvalue weighted by atomic mass is 10.3. The molecule has 74 valence electrons. The van der Waals surface area contributed by atoms with Crippen LogP contribution in [-0.4, -0.2) is 49.9 Å². The molecule has 0 aliphatic carbocycles. The van der Waals surface area contributed by atoms with E-state index in [0.717, 1.165) is 32.6 Å². The molecular formula is C8H15N3O2. The summed E-state index contributed by atoms with van der Waals surface area (Å²) in [6.07, 6.45) is 0.859. The largest absolute Gasteiger partial charge is 0.449 e. The summed E-state index contributed by atoms with van der Waals surface area (Å²) < 4.78 is 4.96. The number of cyclic esters (lactones) is 1. The lowest BCUT2D eigenvalue weighted by Crippen LogP contribution is -2.60. The van der Waals surface area contributed by atoms with E-state index in [-0.39, 0.29) is 12.3 Å². The lowest BCUT2D eigenvalue weighted by molar-refractivity contribution is 0.0445. The fourth-order valence-electron chi connectivity index (χ4n) is 1.71. The van der Waals surface area contributed by atoms with E-state index in [0.29, 0.717) is 6.61 Å². The molecule has 0 radical (unpaired) electrons. The van der Waals surface area contributed by atoms with Gasteiger partial charge in [0.1, 0.15) is 0 Å². The Morgan fingerprint density at radius 1 is 1.46 bits per heavy atom. The van der Waals surface area contributed by atoms with Crippen LogP contribution in [0.25, 0.3) is 0 Å². The molecule has 0 spiro atoms. The molecule has 0 aromatic heterocycles. The van der Waals surface area contributed by atoms with Gasteiger partial charge in [-0.1, -0.05) is 0 Å². The summed E-state index contributed by atoms with van der Waals surface area (Å²) in [4.78, 5) is 13.1. The Morgan fingerprint density at radius 3 is 3.08 bits per heavy atom. The topological polar surface area (TPSA) is 53.6 Å². The first-order valence-electron chi connectivity index (χ1n) is 4.75. The fourth-order valence-corrected chi connectivity index (χ4v) is 1.71. The number of nitrogens with one attached hydrogen (secondary N) is 2. The zero-order chi connectivity index (χ0) is 9.10. The van der Waals surface area contributed by atoms with E-state index in [2.05, 4.69) is 10.6 Å². The summed E-state index contributed by atoms with van der Waals surface area (Å²) in [5.74, 6) is 0. The highest BCUT2D eigenvalue weighted by molar-refractivity contribution is 5.68. The van der Waals surface area contributed by atoms with E-state index in [4.69, 9.17) is 4.74 Å². The Balaban J connectivity index is 1.92. The zero-order valence-electron chi connectivity index (χ0n) is 7.58. The Bertz CT molecular complexity index is 192. The second kappa shape index (κ2) is 3.93. The number of nitrogens with zero attached hydrogens (tertiary/aromatic N) is 1. The standard InChI is InChI=1S/C8H15N3O2/c12-8-11(4-1-5-13-8)7-6-9-2-3-10-7/h7,9-10H,1-6H2. The van der Waals surface area contributed by atoms with Crippen LogP contribution in [0.4, 0.5) is 4.79 Å². The van der Waals surface area contributed by atoms with Crippen LogP contribution in [0, 0.1) is 0 Å². The van der Waals surface area contributed by atoms with E-state index >= 15 is 0 Å². The molecule has 0 bridgehead atoms. The van der Waals surface area contributed by atoms with Crippen LogP contribution < -0.4 is 10.6 Å². The van der Waals surface area contributed by atoms with Gasteiger partial charge in [-0.2, -0.15) is 0 Å². The van der Waals surface area contributed by atoms with Crippen LogP contribution in [0.5, 0.6) is 0 Å². The highest BCUT2D eigenvalue weighted by Crippen LogP contribution is 2.08. The van der Waals surface area contributed by atoms with Crippen LogP contribution in [0.15, 0.2) is 0 Å². The van der Waals surface area contributed by atoms with Gasteiger partial charge in [-0.3, -0.25) is 10.2 Å². The van der Waals surface area contributed by atoms with Crippen LogP contribution in [-0.2, 0) is 4.74 Å². The molecule has 0 aromatic rings. The highest BCUT2D eigenvalue weighted by Gasteiger charge is 2.28. The third-order valence-corrected chi connectivity index (χ3v) is 2.40. The van der Waals surface area contributed by atoms with Crippen molar-refractivity contribution in [3.8, 4) is 0 Å². The minimum atomic E-state index is -0.188. The second-order valence-corrected chi connectivity index (χ2v) is 3.34. The van der Waals surface area contributed by atoms with E-state index < -0.39 is 0 Å². The number of amides is 1. The molecule has 0 aromatic carbocycles. The van der Waals surface area contributed by atoms with Gasteiger partial charge in [-0.15, -0.1) is 0 Å². The normalized spacial score (nSPS) is 30.0. The number of piperazine rings is 1. The number of ether oxygens (including phenoxy) is 1. The maximum atomic E-state index is 11.3. The summed E-state index contributed by atoms with van der Waals surface area (Å²) in [6.45, 7) is 4.07. The van der Waals surface area contributed by atoms with Crippen molar-refractivity contribution in [2.45, 2.75) is 12.6 Å². The molecule has 2 aliphatic rings. The molecule has 2 fully saturated rings. The summed E-state index contributed by atoms with van der Waals surface area (Å²) >= 11 is 0. The highest BCUT2D eigenvalue weighted by atomic mass is 16.6. The van der Waals surface area contributed by atoms with Crippen molar-refractivity contribution in [2.24, 2.45) is 0 Å². The number of hydrogen-bond acceptors (Lipinski definition) is 4. The summed E-state index contributed by atoms with van der Waals surface area (Å²) in [7, 11) is 0. The van der Waals surface area contributed by atoms with Crippen LogP contribution in [0.2, 0.25) is 0 Å². The van der Waals surface area contributed by atoms with E-state index in [1.165, 1.54) is 0 Å².